The third kappa shape index (κ3) is 4.11. The van der Waals surface area contributed by atoms with Crippen molar-refractivity contribution in [1.82, 2.24) is 29.9 Å². The number of aryl methyl sites for hydroxylation is 4. The summed E-state index contributed by atoms with van der Waals surface area (Å²) in [5.74, 6) is 3.35. The summed E-state index contributed by atoms with van der Waals surface area (Å²) in [6.07, 6.45) is 4.00. The first-order valence-corrected chi connectivity index (χ1v) is 8.77. The molecule has 0 aliphatic carbocycles. The van der Waals surface area contributed by atoms with Crippen LogP contribution >= 0.6 is 11.8 Å². The summed E-state index contributed by atoms with van der Waals surface area (Å²) in [6, 6.07) is 8.24. The number of aromatic amines is 1. The van der Waals surface area contributed by atoms with Crippen LogP contribution in [0.2, 0.25) is 0 Å². The van der Waals surface area contributed by atoms with E-state index in [4.69, 9.17) is 0 Å². The number of hydrogen-bond acceptors (Lipinski definition) is 5. The Morgan fingerprint density at radius 3 is 2.71 bits per heavy atom. The maximum Gasteiger partial charge on any atom is 0.208 e. The van der Waals surface area contributed by atoms with Crippen LogP contribution in [0.25, 0.3) is 12.2 Å². The zero-order chi connectivity index (χ0) is 16.9. The van der Waals surface area contributed by atoms with Crippen molar-refractivity contribution in [2.24, 2.45) is 0 Å². The van der Waals surface area contributed by atoms with Crippen LogP contribution in [0.1, 0.15) is 28.6 Å². The van der Waals surface area contributed by atoms with Crippen LogP contribution in [0.4, 0.5) is 0 Å². The highest BCUT2D eigenvalue weighted by Crippen LogP contribution is 2.15. The molecular formula is C17H20N6S. The average Bonchev–Trinajstić information content (AvgIpc) is 3.13. The van der Waals surface area contributed by atoms with Gasteiger partial charge in [-0.25, -0.2) is 14.6 Å². The lowest BCUT2D eigenvalue weighted by molar-refractivity contribution is 0.637. The minimum Gasteiger partial charge on any atom is -0.259 e. The van der Waals surface area contributed by atoms with E-state index in [-0.39, 0.29) is 0 Å². The largest absolute Gasteiger partial charge is 0.259 e. The number of nitrogens with zero attached hydrogens (tertiary/aromatic N) is 5. The number of nitrogens with one attached hydrogen (secondary N) is 1. The molecule has 6 nitrogen and oxygen atoms in total. The molecule has 7 heteroatoms. The molecule has 0 saturated carbocycles. The van der Waals surface area contributed by atoms with Crippen molar-refractivity contribution in [3.8, 4) is 0 Å². The minimum atomic E-state index is 0.744. The quantitative estimate of drug-likeness (QED) is 0.697. The van der Waals surface area contributed by atoms with E-state index in [0.717, 1.165) is 34.9 Å². The Kier molecular flexibility index (Phi) is 5.10. The number of benzene rings is 1. The van der Waals surface area contributed by atoms with E-state index < -0.39 is 0 Å². The molecule has 124 valence electrons. The fourth-order valence-electron chi connectivity index (χ4n) is 2.34. The lowest BCUT2D eigenvalue weighted by atomic mass is 10.1. The smallest absolute Gasteiger partial charge is 0.208 e. The minimum absolute atomic E-state index is 0.744. The molecule has 24 heavy (non-hydrogen) atoms. The molecule has 0 radical (unpaired) electrons. The second-order valence-corrected chi connectivity index (χ2v) is 6.53. The van der Waals surface area contributed by atoms with Gasteiger partial charge in [-0.1, -0.05) is 42.1 Å². The van der Waals surface area contributed by atoms with E-state index in [2.05, 4.69) is 44.3 Å². The predicted octanol–water partition coefficient (Wildman–Crippen LogP) is 3.28. The van der Waals surface area contributed by atoms with Crippen LogP contribution < -0.4 is 0 Å². The zero-order valence-corrected chi connectivity index (χ0v) is 14.8. The first-order valence-electron chi connectivity index (χ1n) is 7.79. The average molecular weight is 340 g/mol. The van der Waals surface area contributed by atoms with Crippen molar-refractivity contribution in [3.05, 3.63) is 52.9 Å². The molecule has 0 amide bonds. The molecule has 1 aromatic carbocycles. The van der Waals surface area contributed by atoms with Crippen LogP contribution in [-0.2, 0) is 6.54 Å². The van der Waals surface area contributed by atoms with Gasteiger partial charge in [0.1, 0.15) is 17.5 Å². The summed E-state index contributed by atoms with van der Waals surface area (Å²) in [5, 5.41) is 12.3. The van der Waals surface area contributed by atoms with Gasteiger partial charge in [-0.15, -0.1) is 5.10 Å². The van der Waals surface area contributed by atoms with Crippen molar-refractivity contribution in [3.63, 3.8) is 0 Å². The summed E-state index contributed by atoms with van der Waals surface area (Å²) in [7, 11) is 0. The first kappa shape index (κ1) is 16.4. The van der Waals surface area contributed by atoms with Crippen LogP contribution in [-0.4, -0.2) is 35.7 Å². The van der Waals surface area contributed by atoms with E-state index in [1.165, 1.54) is 11.1 Å². The van der Waals surface area contributed by atoms with Gasteiger partial charge in [-0.2, -0.15) is 5.10 Å². The SMILES string of the molecule is Cc1nc(C)n(CCSc2n[nH]c(/C=C/c3ccccc3C)n2)n1. The van der Waals surface area contributed by atoms with Gasteiger partial charge >= 0.3 is 0 Å². The maximum atomic E-state index is 4.48. The molecule has 1 N–H and O–H groups in total. The Morgan fingerprint density at radius 1 is 1.12 bits per heavy atom. The Hall–Kier alpha value is -2.41. The van der Waals surface area contributed by atoms with Gasteiger partial charge < -0.3 is 0 Å². The Balaban J connectivity index is 1.56. The molecule has 0 aliphatic rings. The number of H-pyrrole nitrogens is 1. The number of thioether (sulfide) groups is 1. The van der Waals surface area contributed by atoms with Crippen molar-refractivity contribution in [2.45, 2.75) is 32.5 Å². The van der Waals surface area contributed by atoms with Crippen LogP contribution in [0, 0.1) is 20.8 Å². The number of aromatic nitrogens is 6. The van der Waals surface area contributed by atoms with Crippen LogP contribution in [0.3, 0.4) is 0 Å². The molecular weight excluding hydrogens is 320 g/mol. The van der Waals surface area contributed by atoms with Gasteiger partial charge in [0.25, 0.3) is 0 Å². The molecule has 3 aromatic rings. The maximum absolute atomic E-state index is 4.48. The molecule has 3 rings (SSSR count). The van der Waals surface area contributed by atoms with Crippen molar-refractivity contribution in [2.75, 3.05) is 5.75 Å². The molecule has 2 aromatic heterocycles. The fraction of sp³-hybridized carbons (Fsp3) is 0.294. The standard InChI is InChI=1S/C17H20N6S/c1-12-6-4-5-7-15(12)8-9-16-19-17(21-20-16)24-11-10-23-14(3)18-13(2)22-23/h4-9H,10-11H2,1-3H3,(H,19,20,21)/b9-8+. The number of rotatable bonds is 6. The second kappa shape index (κ2) is 7.44. The highest BCUT2D eigenvalue weighted by atomic mass is 32.2. The first-order chi connectivity index (χ1) is 11.6. The molecule has 0 saturated heterocycles. The van der Waals surface area contributed by atoms with E-state index in [1.807, 2.05) is 42.8 Å². The summed E-state index contributed by atoms with van der Waals surface area (Å²) < 4.78 is 1.91. The monoisotopic (exact) mass is 340 g/mol. The lowest BCUT2D eigenvalue weighted by Crippen LogP contribution is -2.05. The Bertz CT molecular complexity index is 848. The Labute approximate surface area is 145 Å². The molecule has 0 bridgehead atoms. The van der Waals surface area contributed by atoms with Gasteiger partial charge in [0.05, 0.1) is 6.54 Å². The summed E-state index contributed by atoms with van der Waals surface area (Å²) >= 11 is 1.60. The van der Waals surface area contributed by atoms with Gasteiger partial charge in [0.2, 0.25) is 5.16 Å². The van der Waals surface area contributed by atoms with E-state index in [0.29, 0.717) is 0 Å². The molecule has 0 atom stereocenters. The van der Waals surface area contributed by atoms with E-state index in [9.17, 15) is 0 Å². The second-order valence-electron chi connectivity index (χ2n) is 5.47. The van der Waals surface area contributed by atoms with Gasteiger partial charge in [0.15, 0.2) is 0 Å². The normalized spacial score (nSPS) is 11.5. The van der Waals surface area contributed by atoms with Gasteiger partial charge in [-0.05, 0) is 38.0 Å². The predicted molar refractivity (Wildman–Crippen MR) is 96.7 cm³/mol. The molecule has 2 heterocycles. The van der Waals surface area contributed by atoms with Crippen molar-refractivity contribution < 1.29 is 0 Å². The summed E-state index contributed by atoms with van der Waals surface area (Å²) in [5.41, 5.74) is 2.42. The van der Waals surface area contributed by atoms with Gasteiger partial charge in [0, 0.05) is 5.75 Å². The summed E-state index contributed by atoms with van der Waals surface area (Å²) in [4.78, 5) is 8.78. The molecule has 0 aliphatic heterocycles. The van der Waals surface area contributed by atoms with Crippen LogP contribution in [0.5, 0.6) is 0 Å². The zero-order valence-electron chi connectivity index (χ0n) is 14.0. The fourth-order valence-corrected chi connectivity index (χ4v) is 3.06. The highest BCUT2D eigenvalue weighted by molar-refractivity contribution is 7.99. The third-order valence-electron chi connectivity index (χ3n) is 3.59. The van der Waals surface area contributed by atoms with Crippen molar-refractivity contribution >= 4 is 23.9 Å². The highest BCUT2D eigenvalue weighted by Gasteiger charge is 2.05. The third-order valence-corrected chi connectivity index (χ3v) is 4.42. The summed E-state index contributed by atoms with van der Waals surface area (Å²) in [6.45, 7) is 6.75. The number of hydrogen-bond donors (Lipinski definition) is 1. The van der Waals surface area contributed by atoms with Gasteiger partial charge in [-0.3, -0.25) is 5.10 Å². The molecule has 0 spiro atoms. The van der Waals surface area contributed by atoms with Crippen molar-refractivity contribution in [1.29, 1.82) is 0 Å². The molecule has 0 unspecified atom stereocenters. The Morgan fingerprint density at radius 2 is 1.96 bits per heavy atom. The lowest BCUT2D eigenvalue weighted by Gasteiger charge is -2.00. The van der Waals surface area contributed by atoms with E-state index in [1.54, 1.807) is 11.8 Å². The topological polar surface area (TPSA) is 72.3 Å². The van der Waals surface area contributed by atoms with Crippen LogP contribution in [0.15, 0.2) is 29.4 Å². The molecule has 0 fully saturated rings. The van der Waals surface area contributed by atoms with E-state index >= 15 is 0 Å².